The molecule has 0 unspecified atom stereocenters. The molecule has 0 radical (unpaired) electrons. The van der Waals surface area contributed by atoms with Gasteiger partial charge >= 0.3 is 0 Å². The van der Waals surface area contributed by atoms with Crippen molar-refractivity contribution in [3.63, 3.8) is 0 Å². The van der Waals surface area contributed by atoms with Crippen LogP contribution in [0, 0.1) is 0 Å². The van der Waals surface area contributed by atoms with E-state index in [9.17, 15) is 0 Å². The molecule has 0 aliphatic carbocycles. The van der Waals surface area contributed by atoms with Crippen LogP contribution in [0.2, 0.25) is 0 Å². The summed E-state index contributed by atoms with van der Waals surface area (Å²) in [5.41, 5.74) is 10.8. The number of hydrogen-bond donors (Lipinski definition) is 0. The molecule has 248 valence electrons. The van der Waals surface area contributed by atoms with Crippen molar-refractivity contribution in [1.29, 1.82) is 0 Å². The number of rotatable bonds is 6. The number of hydrogen-bond acceptors (Lipinski definition) is 5. The lowest BCUT2D eigenvalue weighted by Gasteiger charge is -2.14. The molecule has 5 heteroatoms. The monoisotopic (exact) mass is 678 g/mol. The molecule has 7 aromatic carbocycles. The van der Waals surface area contributed by atoms with E-state index in [1.807, 2.05) is 73.1 Å². The maximum atomic E-state index is 6.55. The number of fused-ring (bicyclic) bond motifs is 4. The Hall–Kier alpha value is -7.24. The standard InChI is InChI=1S/C48H30N4O/c1-3-13-31(14-4-1)33-18-11-19-34(25-33)36-26-37(40-22-12-23-42-41-21-9-10-24-44(41)53-45(40)42)28-38(27-36)47-50-46(32-15-5-2-6-16-32)51-48(52-47)43-30-49-29-35-17-7-8-20-39(35)43/h1-30H. The summed E-state index contributed by atoms with van der Waals surface area (Å²) in [4.78, 5) is 20.0. The van der Waals surface area contributed by atoms with Crippen LogP contribution in [0.25, 0.3) is 100 Å². The zero-order valence-electron chi connectivity index (χ0n) is 28.5. The fraction of sp³-hybridized carbons (Fsp3) is 0. The fourth-order valence-electron chi connectivity index (χ4n) is 7.20. The van der Waals surface area contributed by atoms with Crippen molar-refractivity contribution in [2.75, 3.05) is 0 Å². The lowest BCUT2D eigenvalue weighted by atomic mass is 9.93. The van der Waals surface area contributed by atoms with Crippen LogP contribution in [-0.2, 0) is 0 Å². The molecule has 5 nitrogen and oxygen atoms in total. The molecule has 0 aliphatic heterocycles. The van der Waals surface area contributed by atoms with Gasteiger partial charge in [0.2, 0.25) is 0 Å². The Morgan fingerprint density at radius 1 is 0.340 bits per heavy atom. The van der Waals surface area contributed by atoms with Gasteiger partial charge in [-0.1, -0.05) is 140 Å². The van der Waals surface area contributed by atoms with Crippen LogP contribution < -0.4 is 0 Å². The number of benzene rings is 7. The van der Waals surface area contributed by atoms with Crippen LogP contribution in [0.3, 0.4) is 0 Å². The smallest absolute Gasteiger partial charge is 0.166 e. The van der Waals surface area contributed by atoms with E-state index in [0.29, 0.717) is 17.5 Å². The lowest BCUT2D eigenvalue weighted by molar-refractivity contribution is 0.670. The average molecular weight is 679 g/mol. The zero-order chi connectivity index (χ0) is 35.1. The van der Waals surface area contributed by atoms with Crippen molar-refractivity contribution < 1.29 is 4.42 Å². The van der Waals surface area contributed by atoms with E-state index in [0.717, 1.165) is 82.8 Å². The van der Waals surface area contributed by atoms with E-state index in [4.69, 9.17) is 19.4 Å². The third-order valence-corrected chi connectivity index (χ3v) is 9.79. The second-order valence-corrected chi connectivity index (χ2v) is 13.1. The Kier molecular flexibility index (Phi) is 7.40. The Balaban J connectivity index is 1.23. The second-order valence-electron chi connectivity index (χ2n) is 13.1. The molecular weight excluding hydrogens is 649 g/mol. The van der Waals surface area contributed by atoms with Crippen molar-refractivity contribution >= 4 is 32.7 Å². The van der Waals surface area contributed by atoms with E-state index < -0.39 is 0 Å². The van der Waals surface area contributed by atoms with Gasteiger partial charge in [-0.15, -0.1) is 0 Å². The molecule has 0 spiro atoms. The molecule has 0 atom stereocenters. The Morgan fingerprint density at radius 2 is 0.906 bits per heavy atom. The molecule has 0 saturated heterocycles. The molecule has 10 aromatic rings. The minimum Gasteiger partial charge on any atom is -0.455 e. The molecule has 0 N–H and O–H groups in total. The van der Waals surface area contributed by atoms with Crippen molar-refractivity contribution in [3.05, 3.63) is 182 Å². The highest BCUT2D eigenvalue weighted by Gasteiger charge is 2.18. The van der Waals surface area contributed by atoms with Gasteiger partial charge in [-0.3, -0.25) is 4.98 Å². The molecule has 53 heavy (non-hydrogen) atoms. The minimum atomic E-state index is 0.565. The highest BCUT2D eigenvalue weighted by molar-refractivity contribution is 6.10. The molecule has 3 aromatic heterocycles. The quantitative estimate of drug-likeness (QED) is 0.175. The van der Waals surface area contributed by atoms with Crippen molar-refractivity contribution in [2.24, 2.45) is 0 Å². The number of para-hydroxylation sites is 2. The van der Waals surface area contributed by atoms with Gasteiger partial charge in [0, 0.05) is 50.8 Å². The first-order chi connectivity index (χ1) is 26.2. The van der Waals surface area contributed by atoms with Crippen molar-refractivity contribution in [1.82, 2.24) is 19.9 Å². The van der Waals surface area contributed by atoms with Crippen LogP contribution in [0.1, 0.15) is 0 Å². The Labute approximate surface area is 305 Å². The highest BCUT2D eigenvalue weighted by atomic mass is 16.3. The van der Waals surface area contributed by atoms with Gasteiger partial charge in [-0.25, -0.2) is 15.0 Å². The summed E-state index contributed by atoms with van der Waals surface area (Å²) in [7, 11) is 0. The number of nitrogens with zero attached hydrogens (tertiary/aromatic N) is 4. The van der Waals surface area contributed by atoms with E-state index in [2.05, 4.69) is 114 Å². The summed E-state index contributed by atoms with van der Waals surface area (Å²) in [6.07, 6.45) is 3.71. The predicted octanol–water partition coefficient (Wildman–Crippen LogP) is 12.3. The van der Waals surface area contributed by atoms with E-state index in [1.54, 1.807) is 0 Å². The van der Waals surface area contributed by atoms with Crippen molar-refractivity contribution in [3.8, 4) is 67.5 Å². The topological polar surface area (TPSA) is 64.7 Å². The van der Waals surface area contributed by atoms with Crippen LogP contribution in [0.15, 0.2) is 187 Å². The summed E-state index contributed by atoms with van der Waals surface area (Å²) >= 11 is 0. The molecule has 10 rings (SSSR count). The molecule has 0 fully saturated rings. The lowest BCUT2D eigenvalue weighted by Crippen LogP contribution is -2.01. The van der Waals surface area contributed by atoms with Crippen LogP contribution in [0.4, 0.5) is 0 Å². The third-order valence-electron chi connectivity index (χ3n) is 9.79. The Morgan fingerprint density at radius 3 is 1.74 bits per heavy atom. The fourth-order valence-corrected chi connectivity index (χ4v) is 7.20. The Bertz CT molecular complexity index is 2950. The second kappa shape index (κ2) is 12.8. The maximum absolute atomic E-state index is 6.55. The van der Waals surface area contributed by atoms with E-state index in [-0.39, 0.29) is 0 Å². The average Bonchev–Trinajstić information content (AvgIpc) is 3.63. The largest absolute Gasteiger partial charge is 0.455 e. The SMILES string of the molecule is c1ccc(-c2cccc(-c3cc(-c4nc(-c5ccccc5)nc(-c5cncc6ccccc56)n4)cc(-c4cccc5c4oc4ccccc45)c3)c2)cc1. The van der Waals surface area contributed by atoms with Gasteiger partial charge in [0.05, 0.1) is 0 Å². The van der Waals surface area contributed by atoms with Crippen molar-refractivity contribution in [2.45, 2.75) is 0 Å². The summed E-state index contributed by atoms with van der Waals surface area (Å²) in [6, 6.07) is 58.6. The van der Waals surface area contributed by atoms with Gasteiger partial charge in [0.15, 0.2) is 17.5 Å². The van der Waals surface area contributed by atoms with E-state index in [1.165, 1.54) is 0 Å². The summed E-state index contributed by atoms with van der Waals surface area (Å²) in [6.45, 7) is 0. The summed E-state index contributed by atoms with van der Waals surface area (Å²) < 4.78 is 6.55. The van der Waals surface area contributed by atoms with Gasteiger partial charge in [-0.2, -0.15) is 0 Å². The maximum Gasteiger partial charge on any atom is 0.166 e. The first-order valence-electron chi connectivity index (χ1n) is 17.6. The minimum absolute atomic E-state index is 0.565. The van der Waals surface area contributed by atoms with Gasteiger partial charge in [-0.05, 0) is 63.5 Å². The molecule has 0 aliphatic rings. The van der Waals surface area contributed by atoms with Gasteiger partial charge < -0.3 is 4.42 Å². The zero-order valence-corrected chi connectivity index (χ0v) is 28.5. The number of pyridine rings is 1. The van der Waals surface area contributed by atoms with Crippen LogP contribution >= 0.6 is 0 Å². The van der Waals surface area contributed by atoms with Crippen LogP contribution in [0.5, 0.6) is 0 Å². The molecule has 0 bridgehead atoms. The van der Waals surface area contributed by atoms with Crippen LogP contribution in [-0.4, -0.2) is 19.9 Å². The third kappa shape index (κ3) is 5.61. The normalized spacial score (nSPS) is 11.4. The number of furan rings is 1. The molecule has 0 amide bonds. The van der Waals surface area contributed by atoms with E-state index >= 15 is 0 Å². The van der Waals surface area contributed by atoms with Gasteiger partial charge in [0.25, 0.3) is 0 Å². The first kappa shape index (κ1) is 30.6. The molecule has 0 saturated carbocycles. The van der Waals surface area contributed by atoms with Gasteiger partial charge in [0.1, 0.15) is 11.2 Å². The summed E-state index contributed by atoms with van der Waals surface area (Å²) in [5, 5.41) is 4.22. The molecule has 3 heterocycles. The first-order valence-corrected chi connectivity index (χ1v) is 17.6. The molecular formula is C48H30N4O. The highest BCUT2D eigenvalue weighted by Crippen LogP contribution is 2.40. The predicted molar refractivity (Wildman–Crippen MR) is 215 cm³/mol. The number of aromatic nitrogens is 4. The summed E-state index contributed by atoms with van der Waals surface area (Å²) in [5.74, 6) is 1.73.